The van der Waals surface area contributed by atoms with Crippen LogP contribution in [0.2, 0.25) is 0 Å². The Hall–Kier alpha value is -0.790. The molecular weight excluding hydrogens is 160 g/mol. The van der Waals surface area contributed by atoms with E-state index >= 15 is 0 Å². The van der Waals surface area contributed by atoms with Crippen molar-refractivity contribution in [2.24, 2.45) is 5.41 Å². The lowest BCUT2D eigenvalue weighted by molar-refractivity contribution is 0.284. The van der Waals surface area contributed by atoms with E-state index in [1.807, 2.05) is 6.33 Å². The van der Waals surface area contributed by atoms with E-state index in [9.17, 15) is 0 Å². The summed E-state index contributed by atoms with van der Waals surface area (Å²) in [7, 11) is 0. The summed E-state index contributed by atoms with van der Waals surface area (Å²) >= 11 is 0. The van der Waals surface area contributed by atoms with E-state index in [4.69, 9.17) is 0 Å². The van der Waals surface area contributed by atoms with Gasteiger partial charge in [0.05, 0.1) is 12.0 Å². The molecule has 1 aliphatic rings. The Morgan fingerprint density at radius 3 is 2.92 bits per heavy atom. The molecule has 2 heteroatoms. The molecular formula is C11H18N2. The number of rotatable bonds is 0. The van der Waals surface area contributed by atoms with Crippen molar-refractivity contribution >= 4 is 0 Å². The van der Waals surface area contributed by atoms with Crippen molar-refractivity contribution in [1.82, 2.24) is 9.97 Å². The molecule has 1 heterocycles. The third-order valence-electron chi connectivity index (χ3n) is 3.05. The Morgan fingerprint density at radius 2 is 2.23 bits per heavy atom. The molecule has 0 saturated heterocycles. The number of hydrogen-bond acceptors (Lipinski definition) is 1. The van der Waals surface area contributed by atoms with E-state index in [1.54, 1.807) is 0 Å². The third kappa shape index (κ3) is 1.50. The largest absolute Gasteiger partial charge is 0.348 e. The minimum absolute atomic E-state index is 0.352. The van der Waals surface area contributed by atoms with Gasteiger partial charge in [-0.15, -0.1) is 0 Å². The highest BCUT2D eigenvalue weighted by Gasteiger charge is 2.31. The van der Waals surface area contributed by atoms with E-state index in [2.05, 4.69) is 30.7 Å². The van der Waals surface area contributed by atoms with Crippen LogP contribution in [0.1, 0.15) is 50.9 Å². The molecule has 1 aromatic rings. The van der Waals surface area contributed by atoms with Gasteiger partial charge in [0.25, 0.3) is 0 Å². The van der Waals surface area contributed by atoms with Gasteiger partial charge in [-0.2, -0.15) is 0 Å². The number of fused-ring (bicyclic) bond motifs is 1. The molecule has 72 valence electrons. The van der Waals surface area contributed by atoms with E-state index in [1.165, 1.54) is 30.7 Å². The van der Waals surface area contributed by atoms with E-state index in [0.717, 1.165) is 0 Å². The molecule has 13 heavy (non-hydrogen) atoms. The highest BCUT2D eigenvalue weighted by molar-refractivity contribution is 5.21. The molecule has 0 bridgehead atoms. The van der Waals surface area contributed by atoms with Crippen molar-refractivity contribution in [3.8, 4) is 0 Å². The summed E-state index contributed by atoms with van der Waals surface area (Å²) in [6.45, 7) is 6.92. The number of aromatic amines is 1. The number of nitrogens with zero attached hydrogens (tertiary/aromatic N) is 1. The van der Waals surface area contributed by atoms with Crippen LogP contribution in [-0.2, 0) is 6.42 Å². The normalized spacial score (nSPS) is 22.8. The van der Waals surface area contributed by atoms with Gasteiger partial charge in [-0.05, 0) is 24.7 Å². The predicted molar refractivity (Wildman–Crippen MR) is 53.7 cm³/mol. The zero-order valence-electron chi connectivity index (χ0n) is 8.72. The average Bonchev–Trinajstić information content (AvgIpc) is 2.48. The van der Waals surface area contributed by atoms with Crippen molar-refractivity contribution in [1.29, 1.82) is 0 Å². The molecule has 1 aliphatic carbocycles. The molecule has 2 rings (SSSR count). The second kappa shape index (κ2) is 2.86. The van der Waals surface area contributed by atoms with Gasteiger partial charge < -0.3 is 4.98 Å². The topological polar surface area (TPSA) is 28.7 Å². The second-order valence-electron chi connectivity index (χ2n) is 5.08. The summed E-state index contributed by atoms with van der Waals surface area (Å²) in [4.78, 5) is 7.70. The molecule has 0 spiro atoms. The van der Waals surface area contributed by atoms with E-state index in [0.29, 0.717) is 11.3 Å². The van der Waals surface area contributed by atoms with Crippen LogP contribution in [0.25, 0.3) is 0 Å². The highest BCUT2D eigenvalue weighted by Crippen LogP contribution is 2.41. The van der Waals surface area contributed by atoms with Crippen molar-refractivity contribution < 1.29 is 0 Å². The molecule has 0 fully saturated rings. The number of aryl methyl sites for hydroxylation is 1. The van der Waals surface area contributed by atoms with Crippen molar-refractivity contribution in [3.05, 3.63) is 17.7 Å². The fraction of sp³-hybridized carbons (Fsp3) is 0.727. The lowest BCUT2D eigenvalue weighted by atomic mass is 9.73. The first-order valence-electron chi connectivity index (χ1n) is 5.11. The van der Waals surface area contributed by atoms with Gasteiger partial charge in [0, 0.05) is 11.6 Å². The highest BCUT2D eigenvalue weighted by atomic mass is 14.9. The summed E-state index contributed by atoms with van der Waals surface area (Å²) < 4.78 is 0. The minimum Gasteiger partial charge on any atom is -0.348 e. The minimum atomic E-state index is 0.352. The first-order valence-corrected chi connectivity index (χ1v) is 5.11. The zero-order chi connectivity index (χ0) is 9.47. The smallest absolute Gasteiger partial charge is 0.0925 e. The fourth-order valence-electron chi connectivity index (χ4n) is 2.29. The van der Waals surface area contributed by atoms with Crippen LogP contribution in [0.3, 0.4) is 0 Å². The summed E-state index contributed by atoms with van der Waals surface area (Å²) in [5.74, 6) is 0.641. The van der Waals surface area contributed by atoms with Gasteiger partial charge in [0.2, 0.25) is 0 Å². The number of H-pyrrole nitrogens is 1. The fourth-order valence-corrected chi connectivity index (χ4v) is 2.29. The van der Waals surface area contributed by atoms with Crippen LogP contribution < -0.4 is 0 Å². The quantitative estimate of drug-likeness (QED) is 0.650. The molecule has 1 atom stereocenters. The van der Waals surface area contributed by atoms with Crippen molar-refractivity contribution in [2.45, 2.75) is 46.0 Å². The van der Waals surface area contributed by atoms with Crippen molar-refractivity contribution in [3.63, 3.8) is 0 Å². The summed E-state index contributed by atoms with van der Waals surface area (Å²) in [5.41, 5.74) is 3.04. The Labute approximate surface area is 79.8 Å². The predicted octanol–water partition coefficient (Wildman–Crippen LogP) is 2.88. The maximum absolute atomic E-state index is 4.45. The van der Waals surface area contributed by atoms with Crippen LogP contribution in [0, 0.1) is 5.41 Å². The lowest BCUT2D eigenvalue weighted by Gasteiger charge is -2.32. The van der Waals surface area contributed by atoms with Gasteiger partial charge in [0.1, 0.15) is 0 Å². The average molecular weight is 178 g/mol. The van der Waals surface area contributed by atoms with Crippen molar-refractivity contribution in [2.75, 3.05) is 0 Å². The molecule has 0 saturated carbocycles. The van der Waals surface area contributed by atoms with Crippen LogP contribution in [0.5, 0.6) is 0 Å². The number of nitrogens with one attached hydrogen (secondary N) is 1. The lowest BCUT2D eigenvalue weighted by Crippen LogP contribution is -2.23. The number of aromatic nitrogens is 2. The van der Waals surface area contributed by atoms with E-state index in [-0.39, 0.29) is 0 Å². The molecule has 1 unspecified atom stereocenters. The van der Waals surface area contributed by atoms with Gasteiger partial charge >= 0.3 is 0 Å². The monoisotopic (exact) mass is 178 g/mol. The Balaban J connectivity index is 2.35. The third-order valence-corrected chi connectivity index (χ3v) is 3.05. The van der Waals surface area contributed by atoms with Gasteiger partial charge in [-0.3, -0.25) is 0 Å². The Morgan fingerprint density at radius 1 is 1.46 bits per heavy atom. The van der Waals surface area contributed by atoms with Crippen LogP contribution in [0.15, 0.2) is 6.33 Å². The van der Waals surface area contributed by atoms with Crippen LogP contribution >= 0.6 is 0 Å². The molecule has 0 aromatic carbocycles. The zero-order valence-corrected chi connectivity index (χ0v) is 8.72. The summed E-state index contributed by atoms with van der Waals surface area (Å²) in [6.07, 6.45) is 5.62. The SMILES string of the molecule is CC(C)(C)C1CCCc2[nH]cnc21. The Bertz CT molecular complexity index is 293. The van der Waals surface area contributed by atoms with Gasteiger partial charge in [-0.25, -0.2) is 4.98 Å². The first-order chi connectivity index (χ1) is 6.09. The van der Waals surface area contributed by atoms with Crippen LogP contribution in [0.4, 0.5) is 0 Å². The van der Waals surface area contributed by atoms with Crippen LogP contribution in [-0.4, -0.2) is 9.97 Å². The van der Waals surface area contributed by atoms with Gasteiger partial charge in [-0.1, -0.05) is 20.8 Å². The van der Waals surface area contributed by atoms with Gasteiger partial charge in [0.15, 0.2) is 0 Å². The maximum atomic E-state index is 4.45. The number of hydrogen-bond donors (Lipinski definition) is 1. The first kappa shape index (κ1) is 8.79. The maximum Gasteiger partial charge on any atom is 0.0925 e. The molecule has 0 amide bonds. The molecule has 0 radical (unpaired) electrons. The molecule has 2 nitrogen and oxygen atoms in total. The molecule has 1 aromatic heterocycles. The molecule has 1 N–H and O–H groups in total. The molecule has 0 aliphatic heterocycles. The standard InChI is InChI=1S/C11H18N2/c1-11(2,3)8-5-4-6-9-10(8)13-7-12-9/h7-8H,4-6H2,1-3H3,(H,12,13). The number of imidazole rings is 1. The Kier molecular flexibility index (Phi) is 1.94. The second-order valence-corrected chi connectivity index (χ2v) is 5.08. The van der Waals surface area contributed by atoms with E-state index < -0.39 is 0 Å². The summed E-state index contributed by atoms with van der Waals surface area (Å²) in [5, 5.41) is 0. The summed E-state index contributed by atoms with van der Waals surface area (Å²) in [6, 6.07) is 0.